The van der Waals surface area contributed by atoms with Crippen LogP contribution in [0.25, 0.3) is 0 Å². The molecule has 2 N–H and O–H groups in total. The maximum Gasteiger partial charge on any atom is 0.338 e. The first-order valence-electron chi connectivity index (χ1n) is 10.2. The molecule has 12 heteroatoms. The maximum absolute atomic E-state index is 13.0. The lowest BCUT2D eigenvalue weighted by Gasteiger charge is -2.30. The fourth-order valence-corrected chi connectivity index (χ4v) is 5.43. The Kier molecular flexibility index (Phi) is 8.11. The van der Waals surface area contributed by atoms with Crippen LogP contribution in [0.5, 0.6) is 0 Å². The van der Waals surface area contributed by atoms with E-state index in [0.717, 1.165) is 18.9 Å². The fraction of sp³-hybridized carbons (Fsp3) is 0.381. The molecule has 2 aromatic rings. The van der Waals surface area contributed by atoms with E-state index in [1.54, 1.807) is 12.1 Å². The number of hydrogen-bond donors (Lipinski definition) is 2. The number of carbonyl (C=O) groups is 3. The smallest absolute Gasteiger partial charge is 0.338 e. The number of carbonyl (C=O) groups excluding carboxylic acids is 3. The first kappa shape index (κ1) is 24.7. The highest BCUT2D eigenvalue weighted by molar-refractivity contribution is 7.89. The number of esters is 1. The summed E-state index contributed by atoms with van der Waals surface area (Å²) in [6, 6.07) is 6.24. The van der Waals surface area contributed by atoms with Crippen molar-refractivity contribution in [2.45, 2.75) is 31.2 Å². The van der Waals surface area contributed by atoms with Gasteiger partial charge < -0.3 is 14.5 Å². The summed E-state index contributed by atoms with van der Waals surface area (Å²) >= 11 is 6.12. The number of imide groups is 1. The molecule has 0 spiro atoms. The van der Waals surface area contributed by atoms with Crippen molar-refractivity contribution < 1.29 is 32.0 Å². The second kappa shape index (κ2) is 10.8. The first-order chi connectivity index (χ1) is 15.7. The number of nitrogens with zero attached hydrogens (tertiary/aromatic N) is 1. The Bertz CT molecular complexity index is 1120. The van der Waals surface area contributed by atoms with Gasteiger partial charge in [0.2, 0.25) is 10.0 Å². The number of amides is 3. The molecular formula is C21H24ClN3O7S. The zero-order valence-electron chi connectivity index (χ0n) is 17.9. The van der Waals surface area contributed by atoms with E-state index in [1.807, 2.05) is 12.2 Å². The molecule has 1 atom stereocenters. The number of urea groups is 1. The zero-order valence-corrected chi connectivity index (χ0v) is 19.4. The van der Waals surface area contributed by atoms with Crippen LogP contribution in [0.15, 0.2) is 45.9 Å². The van der Waals surface area contributed by atoms with Crippen LogP contribution >= 0.6 is 11.6 Å². The molecule has 10 nitrogen and oxygen atoms in total. The van der Waals surface area contributed by atoms with Gasteiger partial charge >= 0.3 is 12.0 Å². The number of hydrogen-bond acceptors (Lipinski definition) is 7. The molecule has 0 radical (unpaired) electrons. The molecule has 3 amide bonds. The Labute approximate surface area is 196 Å². The quantitative estimate of drug-likeness (QED) is 0.561. The van der Waals surface area contributed by atoms with E-state index >= 15 is 0 Å². The SMILES string of the molecule is CC1CCCN(S(=O)(=O)c2cc(C(=O)OCC(=O)NC(=O)NCc3ccco3)ccc2Cl)C1. The highest BCUT2D eigenvalue weighted by Crippen LogP contribution is 2.29. The number of nitrogens with one attached hydrogen (secondary N) is 2. The molecular weight excluding hydrogens is 474 g/mol. The summed E-state index contributed by atoms with van der Waals surface area (Å²) in [6.07, 6.45) is 3.12. The van der Waals surface area contributed by atoms with Crippen LogP contribution < -0.4 is 10.6 Å². The van der Waals surface area contributed by atoms with Crippen LogP contribution in [-0.2, 0) is 26.1 Å². The van der Waals surface area contributed by atoms with Crippen molar-refractivity contribution in [1.82, 2.24) is 14.9 Å². The second-order valence-corrected chi connectivity index (χ2v) is 9.96. The van der Waals surface area contributed by atoms with Gasteiger partial charge in [-0.3, -0.25) is 10.1 Å². The molecule has 1 saturated heterocycles. The Hall–Kier alpha value is -2.89. The number of piperidine rings is 1. The number of sulfonamides is 1. The summed E-state index contributed by atoms with van der Waals surface area (Å²) in [5, 5.41) is 4.40. The summed E-state index contributed by atoms with van der Waals surface area (Å²) in [6.45, 7) is 2.06. The monoisotopic (exact) mass is 497 g/mol. The van der Waals surface area contributed by atoms with Gasteiger partial charge in [0, 0.05) is 13.1 Å². The Morgan fingerprint density at radius 3 is 2.76 bits per heavy atom. The molecule has 0 bridgehead atoms. The van der Waals surface area contributed by atoms with Gasteiger partial charge in [0.1, 0.15) is 10.7 Å². The lowest BCUT2D eigenvalue weighted by molar-refractivity contribution is -0.123. The van der Waals surface area contributed by atoms with E-state index in [0.29, 0.717) is 18.8 Å². The van der Waals surface area contributed by atoms with E-state index in [4.69, 9.17) is 20.8 Å². The number of halogens is 1. The third kappa shape index (κ3) is 6.56. The average molecular weight is 498 g/mol. The van der Waals surface area contributed by atoms with Crippen molar-refractivity contribution in [2.24, 2.45) is 5.92 Å². The van der Waals surface area contributed by atoms with E-state index in [9.17, 15) is 22.8 Å². The van der Waals surface area contributed by atoms with Crippen molar-refractivity contribution in [3.05, 3.63) is 52.9 Å². The molecule has 0 aliphatic carbocycles. The Morgan fingerprint density at radius 1 is 1.27 bits per heavy atom. The Balaban J connectivity index is 1.57. The van der Waals surface area contributed by atoms with Gasteiger partial charge in [0.05, 0.1) is 23.4 Å². The predicted molar refractivity (Wildman–Crippen MR) is 118 cm³/mol. The normalized spacial score (nSPS) is 16.7. The van der Waals surface area contributed by atoms with Crippen LogP contribution in [0.3, 0.4) is 0 Å². The molecule has 1 aliphatic rings. The molecule has 3 rings (SSSR count). The molecule has 1 aliphatic heterocycles. The third-order valence-corrected chi connectivity index (χ3v) is 7.34. The summed E-state index contributed by atoms with van der Waals surface area (Å²) in [7, 11) is -3.90. The van der Waals surface area contributed by atoms with Gasteiger partial charge in [-0.15, -0.1) is 0 Å². The molecule has 178 valence electrons. The molecule has 1 aromatic heterocycles. The topological polar surface area (TPSA) is 135 Å². The van der Waals surface area contributed by atoms with Crippen LogP contribution in [0.2, 0.25) is 5.02 Å². The van der Waals surface area contributed by atoms with Gasteiger partial charge in [-0.05, 0) is 49.1 Å². The Morgan fingerprint density at radius 2 is 2.06 bits per heavy atom. The van der Waals surface area contributed by atoms with Gasteiger partial charge in [-0.2, -0.15) is 4.31 Å². The standard InChI is InChI=1S/C21H24ClN3O7S/c1-14-4-2-8-25(12-14)33(29,30)18-10-15(6-7-17(18)22)20(27)32-13-19(26)24-21(28)23-11-16-5-3-9-31-16/h3,5-7,9-10,14H,2,4,8,11-13H2,1H3,(H2,23,24,26,28). The van der Waals surface area contributed by atoms with Gasteiger partial charge in [0.15, 0.2) is 6.61 Å². The lowest BCUT2D eigenvalue weighted by Crippen LogP contribution is -2.41. The van der Waals surface area contributed by atoms with Crippen molar-refractivity contribution >= 4 is 39.5 Å². The number of ether oxygens (including phenoxy) is 1. The van der Waals surface area contributed by atoms with Gasteiger partial charge in [-0.25, -0.2) is 18.0 Å². The highest BCUT2D eigenvalue weighted by Gasteiger charge is 2.31. The third-order valence-electron chi connectivity index (χ3n) is 5.00. The molecule has 2 heterocycles. The van der Waals surface area contributed by atoms with E-state index in [1.165, 1.54) is 22.7 Å². The van der Waals surface area contributed by atoms with E-state index in [2.05, 4.69) is 5.32 Å². The molecule has 1 fully saturated rings. The number of rotatable bonds is 7. The average Bonchev–Trinajstić information content (AvgIpc) is 3.30. The zero-order chi connectivity index (χ0) is 24.0. The molecule has 0 saturated carbocycles. The van der Waals surface area contributed by atoms with Crippen molar-refractivity contribution in [1.29, 1.82) is 0 Å². The summed E-state index contributed by atoms with van der Waals surface area (Å²) in [5.41, 5.74) is -0.0851. The molecule has 1 unspecified atom stereocenters. The maximum atomic E-state index is 13.0. The van der Waals surface area contributed by atoms with Crippen LogP contribution in [-0.4, -0.2) is 50.3 Å². The number of furan rings is 1. The minimum atomic E-state index is -3.90. The summed E-state index contributed by atoms with van der Waals surface area (Å²) in [5.74, 6) is -1.07. The van der Waals surface area contributed by atoms with Crippen LogP contribution in [0.1, 0.15) is 35.9 Å². The van der Waals surface area contributed by atoms with Crippen LogP contribution in [0.4, 0.5) is 4.79 Å². The van der Waals surface area contributed by atoms with E-state index in [-0.39, 0.29) is 27.9 Å². The number of benzene rings is 1. The molecule has 1 aromatic carbocycles. The van der Waals surface area contributed by atoms with Crippen molar-refractivity contribution in [3.63, 3.8) is 0 Å². The van der Waals surface area contributed by atoms with Crippen molar-refractivity contribution in [3.8, 4) is 0 Å². The summed E-state index contributed by atoms with van der Waals surface area (Å²) < 4.78 is 37.4. The summed E-state index contributed by atoms with van der Waals surface area (Å²) in [4.78, 5) is 35.8. The minimum absolute atomic E-state index is 0.0178. The lowest BCUT2D eigenvalue weighted by atomic mass is 10.0. The minimum Gasteiger partial charge on any atom is -0.467 e. The fourth-order valence-electron chi connectivity index (χ4n) is 3.33. The highest BCUT2D eigenvalue weighted by atomic mass is 35.5. The first-order valence-corrected chi connectivity index (χ1v) is 12.1. The molecule has 33 heavy (non-hydrogen) atoms. The largest absolute Gasteiger partial charge is 0.467 e. The van der Waals surface area contributed by atoms with E-state index < -0.39 is 34.5 Å². The second-order valence-electron chi connectivity index (χ2n) is 7.64. The van der Waals surface area contributed by atoms with Gasteiger partial charge in [0.25, 0.3) is 5.91 Å². The predicted octanol–water partition coefficient (Wildman–Crippen LogP) is 2.54. The van der Waals surface area contributed by atoms with Gasteiger partial charge in [-0.1, -0.05) is 18.5 Å². The van der Waals surface area contributed by atoms with Crippen LogP contribution in [0, 0.1) is 5.92 Å². The van der Waals surface area contributed by atoms with Crippen molar-refractivity contribution in [2.75, 3.05) is 19.7 Å².